The van der Waals surface area contributed by atoms with Crippen molar-refractivity contribution in [2.75, 3.05) is 13.1 Å². The van der Waals surface area contributed by atoms with Crippen LogP contribution in [0.5, 0.6) is 0 Å². The van der Waals surface area contributed by atoms with Crippen LogP contribution in [0.4, 0.5) is 0 Å². The first-order valence-corrected chi connectivity index (χ1v) is 12.2. The van der Waals surface area contributed by atoms with Gasteiger partial charge >= 0.3 is 0 Å². The van der Waals surface area contributed by atoms with Crippen molar-refractivity contribution in [3.05, 3.63) is 71.8 Å². The van der Waals surface area contributed by atoms with Gasteiger partial charge in [-0.1, -0.05) is 60.7 Å². The molecule has 2 fully saturated rings. The van der Waals surface area contributed by atoms with Crippen molar-refractivity contribution >= 4 is 21.9 Å². The fourth-order valence-corrected chi connectivity index (χ4v) is 6.66. The van der Waals surface area contributed by atoms with Gasteiger partial charge in [0.15, 0.2) is 11.5 Å². The zero-order chi connectivity index (χ0) is 21.6. The molecule has 1 unspecified atom stereocenters. The van der Waals surface area contributed by atoms with Crippen LogP contribution in [0.2, 0.25) is 0 Å². The predicted molar refractivity (Wildman–Crippen MR) is 119 cm³/mol. The third-order valence-electron chi connectivity index (χ3n) is 6.47. The van der Waals surface area contributed by atoms with Crippen molar-refractivity contribution in [3.8, 4) is 0 Å². The van der Waals surface area contributed by atoms with Gasteiger partial charge in [0.2, 0.25) is 10.0 Å². The number of guanidine groups is 1. The minimum Gasteiger partial charge on any atom is -0.369 e. The van der Waals surface area contributed by atoms with Crippen molar-refractivity contribution in [3.63, 3.8) is 0 Å². The summed E-state index contributed by atoms with van der Waals surface area (Å²) in [6, 6.07) is 18.5. The second-order valence-corrected chi connectivity index (χ2v) is 10.7. The summed E-state index contributed by atoms with van der Waals surface area (Å²) < 4.78 is 27.2. The number of amides is 1. The molecule has 2 N–H and O–H groups in total. The summed E-state index contributed by atoms with van der Waals surface area (Å²) in [5, 5.41) is -0.265. The highest BCUT2D eigenvalue weighted by molar-refractivity contribution is 7.90. The second kappa shape index (κ2) is 7.46. The molecule has 1 atom stereocenters. The van der Waals surface area contributed by atoms with E-state index in [-0.39, 0.29) is 29.7 Å². The van der Waals surface area contributed by atoms with Gasteiger partial charge in [-0.2, -0.15) is 4.31 Å². The molecule has 8 heteroatoms. The molecule has 162 valence electrons. The average molecular weight is 439 g/mol. The fourth-order valence-electron chi connectivity index (χ4n) is 4.75. The topological polar surface area (TPSA) is 96.1 Å². The van der Waals surface area contributed by atoms with Crippen LogP contribution in [0.15, 0.2) is 65.7 Å². The number of piperidine rings is 1. The van der Waals surface area contributed by atoms with Crippen molar-refractivity contribution in [1.29, 1.82) is 0 Å². The molecule has 3 aliphatic rings. The maximum absolute atomic E-state index is 14.0. The van der Waals surface area contributed by atoms with E-state index in [1.165, 1.54) is 4.90 Å². The Kier molecular flexibility index (Phi) is 4.86. The Morgan fingerprint density at radius 3 is 2.06 bits per heavy atom. The number of hydrogen-bond acceptors (Lipinski definition) is 5. The predicted octanol–water partition coefficient (Wildman–Crippen LogP) is 2.04. The van der Waals surface area contributed by atoms with Gasteiger partial charge in [0, 0.05) is 13.1 Å². The Morgan fingerprint density at radius 1 is 0.935 bits per heavy atom. The van der Waals surface area contributed by atoms with E-state index in [0.717, 1.165) is 24.0 Å². The van der Waals surface area contributed by atoms with E-state index in [9.17, 15) is 13.2 Å². The molecule has 31 heavy (non-hydrogen) atoms. The molecule has 2 aromatic carbocycles. The van der Waals surface area contributed by atoms with Gasteiger partial charge in [0.1, 0.15) is 0 Å². The molecule has 7 nitrogen and oxygen atoms in total. The van der Waals surface area contributed by atoms with Crippen LogP contribution in [0, 0.1) is 0 Å². The molecule has 5 rings (SSSR count). The average Bonchev–Trinajstić information content (AvgIpc) is 3.62. The van der Waals surface area contributed by atoms with Gasteiger partial charge in [-0.15, -0.1) is 0 Å². The first-order valence-electron chi connectivity index (χ1n) is 10.7. The number of aliphatic imine (C=N–C) groups is 1. The van der Waals surface area contributed by atoms with Gasteiger partial charge in [-0.3, -0.25) is 9.69 Å². The summed E-state index contributed by atoms with van der Waals surface area (Å²) in [6.07, 6.45) is 2.83. The van der Waals surface area contributed by atoms with Gasteiger partial charge < -0.3 is 5.73 Å². The van der Waals surface area contributed by atoms with Crippen molar-refractivity contribution in [1.82, 2.24) is 9.21 Å². The van der Waals surface area contributed by atoms with Crippen LogP contribution in [0.25, 0.3) is 0 Å². The van der Waals surface area contributed by atoms with Crippen LogP contribution in [-0.4, -0.2) is 53.9 Å². The molecule has 2 aliphatic heterocycles. The zero-order valence-electron chi connectivity index (χ0n) is 17.2. The van der Waals surface area contributed by atoms with E-state index in [4.69, 9.17) is 10.7 Å². The largest absolute Gasteiger partial charge is 0.369 e. The molecule has 1 amide bonds. The standard InChI is InChI=1S/C23H26N4O3S/c24-22-25-23(17-8-3-1-4-9-17,18-10-5-2-6-11-18)21(28)27(22)19-12-7-15-26(16-19)31(29,30)20-13-14-20/h1-6,8-11,19-20H,7,12-16H2,(H2,24,25). The highest BCUT2D eigenvalue weighted by atomic mass is 32.2. The lowest BCUT2D eigenvalue weighted by Gasteiger charge is -2.37. The van der Waals surface area contributed by atoms with E-state index in [1.54, 1.807) is 4.31 Å². The molecule has 1 aliphatic carbocycles. The fraction of sp³-hybridized carbons (Fsp3) is 0.391. The minimum atomic E-state index is -3.30. The Hall–Kier alpha value is -2.71. The smallest absolute Gasteiger partial charge is 0.266 e. The number of benzene rings is 2. The molecule has 0 spiro atoms. The highest BCUT2D eigenvalue weighted by Crippen LogP contribution is 2.41. The summed E-state index contributed by atoms with van der Waals surface area (Å²) in [4.78, 5) is 20.3. The Balaban J connectivity index is 1.52. The van der Waals surface area contributed by atoms with Crippen molar-refractivity contribution < 1.29 is 13.2 Å². The van der Waals surface area contributed by atoms with Crippen LogP contribution in [0.3, 0.4) is 0 Å². The van der Waals surface area contributed by atoms with Gasteiger partial charge in [0.25, 0.3) is 5.91 Å². The third kappa shape index (κ3) is 3.25. The second-order valence-electron chi connectivity index (χ2n) is 8.49. The van der Waals surface area contributed by atoms with E-state index in [0.29, 0.717) is 19.4 Å². The quantitative estimate of drug-likeness (QED) is 0.773. The number of rotatable bonds is 5. The molecule has 0 bridgehead atoms. The highest BCUT2D eigenvalue weighted by Gasteiger charge is 2.53. The van der Waals surface area contributed by atoms with Crippen molar-refractivity contribution in [2.45, 2.75) is 42.5 Å². The molecule has 1 saturated heterocycles. The Labute approximate surface area is 182 Å². The summed E-state index contributed by atoms with van der Waals surface area (Å²) in [7, 11) is -3.30. The molecule has 0 aromatic heterocycles. The van der Waals surface area contributed by atoms with E-state index in [1.807, 2.05) is 60.7 Å². The first kappa shape index (κ1) is 20.2. The molecule has 1 saturated carbocycles. The Morgan fingerprint density at radius 2 is 1.52 bits per heavy atom. The number of nitrogens with zero attached hydrogens (tertiary/aromatic N) is 3. The summed E-state index contributed by atoms with van der Waals surface area (Å²) >= 11 is 0. The van der Waals surface area contributed by atoms with Crippen LogP contribution in [0.1, 0.15) is 36.8 Å². The molecule has 2 aromatic rings. The van der Waals surface area contributed by atoms with E-state index >= 15 is 0 Å². The third-order valence-corrected chi connectivity index (χ3v) is 8.84. The lowest BCUT2D eigenvalue weighted by Crippen LogP contribution is -2.56. The number of hydrogen-bond donors (Lipinski definition) is 1. The van der Waals surface area contributed by atoms with Crippen LogP contribution >= 0.6 is 0 Å². The summed E-state index contributed by atoms with van der Waals surface area (Å²) in [6.45, 7) is 0.761. The zero-order valence-corrected chi connectivity index (χ0v) is 18.0. The van der Waals surface area contributed by atoms with Crippen LogP contribution in [-0.2, 0) is 20.4 Å². The van der Waals surface area contributed by atoms with Crippen molar-refractivity contribution in [2.24, 2.45) is 10.7 Å². The Bertz CT molecular complexity index is 1070. The van der Waals surface area contributed by atoms with Gasteiger partial charge in [-0.25, -0.2) is 13.4 Å². The monoisotopic (exact) mass is 438 g/mol. The maximum Gasteiger partial charge on any atom is 0.266 e. The summed E-state index contributed by atoms with van der Waals surface area (Å²) in [5.74, 6) is -0.0774. The van der Waals surface area contributed by atoms with Gasteiger partial charge in [0.05, 0.1) is 11.3 Å². The maximum atomic E-state index is 14.0. The van der Waals surface area contributed by atoms with Crippen LogP contribution < -0.4 is 5.73 Å². The van der Waals surface area contributed by atoms with E-state index < -0.39 is 15.6 Å². The molecule has 0 radical (unpaired) electrons. The lowest BCUT2D eigenvalue weighted by atomic mass is 9.82. The number of nitrogens with two attached hydrogens (primary N) is 1. The number of carbonyl (C=O) groups is 1. The molecular formula is C23H26N4O3S. The molecule has 2 heterocycles. The van der Waals surface area contributed by atoms with Gasteiger partial charge in [-0.05, 0) is 36.8 Å². The minimum absolute atomic E-state index is 0.147. The van der Waals surface area contributed by atoms with E-state index in [2.05, 4.69) is 0 Å². The first-order chi connectivity index (χ1) is 14.9. The lowest BCUT2D eigenvalue weighted by molar-refractivity contribution is -0.132. The molecular weight excluding hydrogens is 412 g/mol. The number of sulfonamides is 1. The SMILES string of the molecule is NC1=NC(c2ccccc2)(c2ccccc2)C(=O)N1C1CCCN(S(=O)(=O)C2CC2)C1. The number of carbonyl (C=O) groups excluding carboxylic acids is 1. The summed E-state index contributed by atoms with van der Waals surface area (Å²) in [5.41, 5.74) is 6.60. The normalized spacial score (nSPS) is 24.3.